The molecule has 0 radical (unpaired) electrons. The van der Waals surface area contributed by atoms with Gasteiger partial charge in [-0.25, -0.2) is 4.79 Å². The van der Waals surface area contributed by atoms with Crippen molar-refractivity contribution in [2.45, 2.75) is 39.2 Å². The van der Waals surface area contributed by atoms with Gasteiger partial charge in [-0.2, -0.15) is 0 Å². The molecule has 2 N–H and O–H groups in total. The van der Waals surface area contributed by atoms with Gasteiger partial charge < -0.3 is 20.1 Å². The fourth-order valence-electron chi connectivity index (χ4n) is 3.49. The normalized spacial score (nSPS) is 13.6. The average Bonchev–Trinajstić information content (AvgIpc) is 3.13. The highest BCUT2D eigenvalue weighted by Gasteiger charge is 2.14. The Labute approximate surface area is 161 Å². The van der Waals surface area contributed by atoms with Gasteiger partial charge in [-0.05, 0) is 62.4 Å². The fraction of sp³-hybridized carbons (Fsp3) is 0.409. The molecule has 0 aromatic heterocycles. The van der Waals surface area contributed by atoms with E-state index in [1.165, 1.54) is 24.0 Å². The molecule has 0 saturated carbocycles. The molecule has 1 aliphatic rings. The lowest BCUT2D eigenvalue weighted by Gasteiger charge is -2.18. The molecule has 1 atom stereocenters. The quantitative estimate of drug-likeness (QED) is 0.728. The number of carbonyl (C=O) groups is 1. The summed E-state index contributed by atoms with van der Waals surface area (Å²) in [6, 6.07) is 11.8. The van der Waals surface area contributed by atoms with E-state index in [2.05, 4.69) is 22.8 Å². The van der Waals surface area contributed by atoms with Crippen molar-refractivity contribution >= 4 is 6.03 Å². The molecule has 0 heterocycles. The molecular weight excluding hydrogens is 340 g/mol. The lowest BCUT2D eigenvalue weighted by molar-refractivity contribution is 0.233. The van der Waals surface area contributed by atoms with Crippen LogP contribution >= 0.6 is 0 Å². The number of methoxy groups -OCH3 is 1. The molecule has 2 amide bonds. The van der Waals surface area contributed by atoms with Gasteiger partial charge in [0.25, 0.3) is 0 Å². The number of hydrogen-bond donors (Lipinski definition) is 2. The Kier molecular flexibility index (Phi) is 6.22. The summed E-state index contributed by atoms with van der Waals surface area (Å²) in [5, 5.41) is 5.79. The zero-order valence-electron chi connectivity index (χ0n) is 16.3. The van der Waals surface area contributed by atoms with Crippen LogP contribution in [-0.2, 0) is 12.8 Å². The van der Waals surface area contributed by atoms with Crippen molar-refractivity contribution < 1.29 is 14.3 Å². The number of urea groups is 1. The molecule has 1 unspecified atom stereocenters. The molecule has 0 saturated heterocycles. The van der Waals surface area contributed by atoms with E-state index in [0.29, 0.717) is 13.2 Å². The molecule has 2 aromatic carbocycles. The zero-order chi connectivity index (χ0) is 19.2. The van der Waals surface area contributed by atoms with Gasteiger partial charge in [0.05, 0.1) is 19.7 Å². The molecule has 0 fully saturated rings. The fourth-order valence-corrected chi connectivity index (χ4v) is 3.49. The predicted octanol–water partition coefficient (Wildman–Crippen LogP) is 3.93. The van der Waals surface area contributed by atoms with Crippen LogP contribution in [0.1, 0.15) is 41.6 Å². The van der Waals surface area contributed by atoms with Gasteiger partial charge in [0, 0.05) is 5.56 Å². The largest absolute Gasteiger partial charge is 0.496 e. The monoisotopic (exact) mass is 368 g/mol. The van der Waals surface area contributed by atoms with Crippen LogP contribution in [0.5, 0.6) is 11.5 Å². The van der Waals surface area contributed by atoms with Crippen LogP contribution in [0.25, 0.3) is 0 Å². The van der Waals surface area contributed by atoms with Gasteiger partial charge >= 0.3 is 6.03 Å². The topological polar surface area (TPSA) is 59.6 Å². The molecule has 0 spiro atoms. The van der Waals surface area contributed by atoms with Gasteiger partial charge in [-0.1, -0.05) is 23.8 Å². The summed E-state index contributed by atoms with van der Waals surface area (Å²) in [7, 11) is 1.64. The summed E-state index contributed by atoms with van der Waals surface area (Å²) in [6.45, 7) is 4.85. The highest BCUT2D eigenvalue weighted by molar-refractivity contribution is 5.74. The van der Waals surface area contributed by atoms with Crippen LogP contribution in [0.3, 0.4) is 0 Å². The Bertz CT molecular complexity index is 804. The van der Waals surface area contributed by atoms with Crippen LogP contribution in [0.15, 0.2) is 36.4 Å². The molecule has 0 bridgehead atoms. The van der Waals surface area contributed by atoms with Gasteiger partial charge in [-0.3, -0.25) is 0 Å². The molecule has 3 rings (SSSR count). The Morgan fingerprint density at radius 1 is 1.15 bits per heavy atom. The smallest absolute Gasteiger partial charge is 0.315 e. The second kappa shape index (κ2) is 8.80. The summed E-state index contributed by atoms with van der Waals surface area (Å²) in [6.07, 6.45) is 3.53. The van der Waals surface area contributed by atoms with E-state index in [1.807, 2.05) is 38.1 Å². The molecule has 0 aliphatic heterocycles. The number of nitrogens with one attached hydrogen (secondary N) is 2. The van der Waals surface area contributed by atoms with Crippen LogP contribution < -0.4 is 20.1 Å². The van der Waals surface area contributed by atoms with Crippen molar-refractivity contribution in [2.24, 2.45) is 0 Å². The van der Waals surface area contributed by atoms with Gasteiger partial charge in [0.1, 0.15) is 18.1 Å². The maximum absolute atomic E-state index is 12.2. The number of amides is 2. The minimum absolute atomic E-state index is 0.155. The minimum atomic E-state index is -0.219. The summed E-state index contributed by atoms with van der Waals surface area (Å²) in [5.41, 5.74) is 4.91. The number of aryl methyl sites for hydroxylation is 3. The predicted molar refractivity (Wildman–Crippen MR) is 107 cm³/mol. The lowest BCUT2D eigenvalue weighted by Crippen LogP contribution is -2.39. The van der Waals surface area contributed by atoms with E-state index in [4.69, 9.17) is 9.47 Å². The standard InChI is InChI=1S/C22H28N2O3/c1-15-7-10-21(26-3)20(13-15)16(2)24-22(25)23-11-12-27-19-9-8-17-5-4-6-18(17)14-19/h7-10,13-14,16H,4-6,11-12H2,1-3H3,(H2,23,24,25). The molecule has 5 nitrogen and oxygen atoms in total. The van der Waals surface area contributed by atoms with Crippen LogP contribution in [-0.4, -0.2) is 26.3 Å². The molecule has 144 valence electrons. The Morgan fingerprint density at radius 3 is 2.78 bits per heavy atom. The van der Waals surface area contributed by atoms with E-state index >= 15 is 0 Å². The van der Waals surface area contributed by atoms with Crippen LogP contribution in [0.4, 0.5) is 4.79 Å². The highest BCUT2D eigenvalue weighted by atomic mass is 16.5. The van der Waals surface area contributed by atoms with Crippen molar-refractivity contribution in [1.82, 2.24) is 10.6 Å². The number of rotatable bonds is 7. The van der Waals surface area contributed by atoms with Gasteiger partial charge in [0.2, 0.25) is 0 Å². The third kappa shape index (κ3) is 4.94. The highest BCUT2D eigenvalue weighted by Crippen LogP contribution is 2.26. The zero-order valence-corrected chi connectivity index (χ0v) is 16.3. The molecule has 1 aliphatic carbocycles. The average molecular weight is 368 g/mol. The number of carbonyl (C=O) groups excluding carboxylic acids is 1. The first kappa shape index (κ1) is 19.1. The Balaban J connectivity index is 1.44. The molecular formula is C22H28N2O3. The summed E-state index contributed by atoms with van der Waals surface area (Å²) < 4.78 is 11.2. The SMILES string of the molecule is COc1ccc(C)cc1C(C)NC(=O)NCCOc1ccc2c(c1)CCC2. The summed E-state index contributed by atoms with van der Waals surface area (Å²) in [4.78, 5) is 12.2. The van der Waals surface area contributed by atoms with Gasteiger partial charge in [0.15, 0.2) is 0 Å². The minimum Gasteiger partial charge on any atom is -0.496 e. The first-order valence-electron chi connectivity index (χ1n) is 9.50. The molecule has 2 aromatic rings. The lowest BCUT2D eigenvalue weighted by atomic mass is 10.0. The second-order valence-electron chi connectivity index (χ2n) is 7.00. The van der Waals surface area contributed by atoms with Crippen LogP contribution in [0.2, 0.25) is 0 Å². The Morgan fingerprint density at radius 2 is 1.96 bits per heavy atom. The summed E-state index contributed by atoms with van der Waals surface area (Å²) >= 11 is 0. The third-order valence-corrected chi connectivity index (χ3v) is 4.93. The van der Waals surface area contributed by atoms with Crippen molar-refractivity contribution in [3.63, 3.8) is 0 Å². The second-order valence-corrected chi connectivity index (χ2v) is 7.00. The number of benzene rings is 2. The van der Waals surface area contributed by atoms with Crippen molar-refractivity contribution in [2.75, 3.05) is 20.3 Å². The van der Waals surface area contributed by atoms with E-state index in [-0.39, 0.29) is 12.1 Å². The first-order valence-corrected chi connectivity index (χ1v) is 9.50. The molecule has 27 heavy (non-hydrogen) atoms. The maximum atomic E-state index is 12.2. The van der Waals surface area contributed by atoms with Gasteiger partial charge in [-0.15, -0.1) is 0 Å². The van der Waals surface area contributed by atoms with E-state index < -0.39 is 0 Å². The number of ether oxygens (including phenoxy) is 2. The van der Waals surface area contributed by atoms with E-state index in [0.717, 1.165) is 29.0 Å². The number of fused-ring (bicyclic) bond motifs is 1. The van der Waals surface area contributed by atoms with E-state index in [1.54, 1.807) is 7.11 Å². The maximum Gasteiger partial charge on any atom is 0.315 e. The van der Waals surface area contributed by atoms with Crippen molar-refractivity contribution in [3.05, 3.63) is 58.7 Å². The summed E-state index contributed by atoms with van der Waals surface area (Å²) in [5.74, 6) is 1.64. The van der Waals surface area contributed by atoms with E-state index in [9.17, 15) is 4.79 Å². The van der Waals surface area contributed by atoms with Crippen molar-refractivity contribution in [1.29, 1.82) is 0 Å². The van der Waals surface area contributed by atoms with Crippen LogP contribution in [0, 0.1) is 6.92 Å². The molecule has 5 heteroatoms. The third-order valence-electron chi connectivity index (χ3n) is 4.93. The Hall–Kier alpha value is -2.69. The first-order chi connectivity index (χ1) is 13.1. The number of hydrogen-bond acceptors (Lipinski definition) is 3. The van der Waals surface area contributed by atoms with Crippen molar-refractivity contribution in [3.8, 4) is 11.5 Å².